The molecule has 24 heavy (non-hydrogen) atoms. The second-order valence-electron chi connectivity index (χ2n) is 5.95. The zero-order valence-corrected chi connectivity index (χ0v) is 14.5. The fourth-order valence-electron chi connectivity index (χ4n) is 3.01. The highest BCUT2D eigenvalue weighted by molar-refractivity contribution is 6.03. The van der Waals surface area contributed by atoms with Gasteiger partial charge in [0.25, 0.3) is 5.91 Å². The van der Waals surface area contributed by atoms with E-state index >= 15 is 0 Å². The van der Waals surface area contributed by atoms with Crippen molar-refractivity contribution < 1.29 is 19.8 Å². The Labute approximate surface area is 141 Å². The van der Waals surface area contributed by atoms with E-state index in [1.54, 1.807) is 0 Å². The predicted molar refractivity (Wildman–Crippen MR) is 92.3 cm³/mol. The molecule has 6 nitrogen and oxygen atoms in total. The van der Waals surface area contributed by atoms with Crippen LogP contribution in [0.15, 0.2) is 18.2 Å². The van der Waals surface area contributed by atoms with Gasteiger partial charge in [0.2, 0.25) is 0 Å². The number of nitrogens with zero attached hydrogens (tertiary/aromatic N) is 1. The van der Waals surface area contributed by atoms with Crippen molar-refractivity contribution >= 4 is 22.8 Å². The Morgan fingerprint density at radius 2 is 1.96 bits per heavy atom. The number of aryl methyl sites for hydroxylation is 3. The Bertz CT molecular complexity index is 777. The summed E-state index contributed by atoms with van der Waals surface area (Å²) < 4.78 is 1.88. The zero-order valence-electron chi connectivity index (χ0n) is 14.5. The average Bonchev–Trinajstić information content (AvgIpc) is 2.83. The van der Waals surface area contributed by atoms with E-state index in [1.165, 1.54) is 12.5 Å². The molecule has 0 radical (unpaired) electrons. The number of aliphatic hydroxyl groups is 1. The van der Waals surface area contributed by atoms with Gasteiger partial charge in [-0.3, -0.25) is 4.79 Å². The average molecular weight is 332 g/mol. The molecule has 2 unspecified atom stereocenters. The fourth-order valence-corrected chi connectivity index (χ4v) is 3.01. The maximum absolute atomic E-state index is 12.7. The zero-order chi connectivity index (χ0) is 18.0. The lowest BCUT2D eigenvalue weighted by atomic mass is 10.1. The Morgan fingerprint density at radius 1 is 1.29 bits per heavy atom. The number of carboxylic acids is 1. The second-order valence-corrected chi connectivity index (χ2v) is 5.95. The third kappa shape index (κ3) is 3.14. The summed E-state index contributed by atoms with van der Waals surface area (Å²) in [5.41, 5.74) is 3.38. The van der Waals surface area contributed by atoms with Crippen LogP contribution in [0.5, 0.6) is 0 Å². The van der Waals surface area contributed by atoms with Crippen LogP contribution in [-0.2, 0) is 17.8 Å². The van der Waals surface area contributed by atoms with Gasteiger partial charge in [-0.05, 0) is 50.5 Å². The Hall–Kier alpha value is -2.34. The maximum Gasteiger partial charge on any atom is 0.328 e. The number of aliphatic hydroxyl groups excluding tert-OH is 1. The number of carbonyl (C=O) groups excluding carboxylic acids is 1. The minimum absolute atomic E-state index is 0.438. The smallest absolute Gasteiger partial charge is 0.328 e. The summed E-state index contributed by atoms with van der Waals surface area (Å²) in [7, 11) is 0. The van der Waals surface area contributed by atoms with Crippen LogP contribution in [0.2, 0.25) is 0 Å². The summed E-state index contributed by atoms with van der Waals surface area (Å²) in [5.74, 6) is -1.75. The number of benzene rings is 1. The topological polar surface area (TPSA) is 91.6 Å². The van der Waals surface area contributed by atoms with E-state index in [1.807, 2.05) is 30.5 Å². The molecule has 1 heterocycles. The van der Waals surface area contributed by atoms with Gasteiger partial charge in [0.05, 0.1) is 6.10 Å². The second kappa shape index (κ2) is 7.05. The summed E-state index contributed by atoms with van der Waals surface area (Å²) in [6, 6.07) is 4.75. The first-order valence-corrected chi connectivity index (χ1v) is 8.15. The Kier molecular flexibility index (Phi) is 5.29. The molecule has 0 saturated carbocycles. The van der Waals surface area contributed by atoms with E-state index < -0.39 is 24.0 Å². The van der Waals surface area contributed by atoms with Crippen molar-refractivity contribution in [3.05, 3.63) is 35.0 Å². The largest absolute Gasteiger partial charge is 0.480 e. The van der Waals surface area contributed by atoms with Crippen molar-refractivity contribution in [1.29, 1.82) is 0 Å². The van der Waals surface area contributed by atoms with Crippen LogP contribution < -0.4 is 5.32 Å². The number of hydrogen-bond acceptors (Lipinski definition) is 3. The molecule has 0 fully saturated rings. The number of aliphatic carboxylic acids is 1. The molecule has 1 amide bonds. The first kappa shape index (κ1) is 18.0. The van der Waals surface area contributed by atoms with Crippen molar-refractivity contribution in [2.24, 2.45) is 0 Å². The number of carbonyl (C=O) groups is 2. The van der Waals surface area contributed by atoms with Crippen LogP contribution in [0.3, 0.4) is 0 Å². The van der Waals surface area contributed by atoms with Gasteiger partial charge in [-0.2, -0.15) is 0 Å². The summed E-state index contributed by atoms with van der Waals surface area (Å²) >= 11 is 0. The lowest BCUT2D eigenvalue weighted by Gasteiger charge is -2.18. The standard InChI is InChI=1S/C18H24N2O4/c1-5-12-7-8-14-13(9-12)10(3)16(20(14)6-2)17(22)19-15(11(4)21)18(23)24/h7-9,11,15,21H,5-6H2,1-4H3,(H,19,22)(H,23,24). The molecule has 0 saturated heterocycles. The van der Waals surface area contributed by atoms with E-state index in [0.29, 0.717) is 12.2 Å². The summed E-state index contributed by atoms with van der Waals surface area (Å²) in [5, 5.41) is 22.2. The van der Waals surface area contributed by atoms with Gasteiger partial charge in [-0.15, -0.1) is 0 Å². The van der Waals surface area contributed by atoms with E-state index in [4.69, 9.17) is 5.11 Å². The van der Waals surface area contributed by atoms with Crippen molar-refractivity contribution in [3.8, 4) is 0 Å². The molecule has 0 spiro atoms. The Morgan fingerprint density at radius 3 is 2.46 bits per heavy atom. The van der Waals surface area contributed by atoms with Crippen LogP contribution in [0.1, 0.15) is 42.4 Å². The number of rotatable bonds is 6. The van der Waals surface area contributed by atoms with E-state index in [9.17, 15) is 14.7 Å². The molecular weight excluding hydrogens is 308 g/mol. The molecule has 0 aliphatic rings. The van der Waals surface area contributed by atoms with Crippen LogP contribution >= 0.6 is 0 Å². The molecule has 2 aromatic rings. The molecule has 2 rings (SSSR count). The highest BCUT2D eigenvalue weighted by atomic mass is 16.4. The lowest BCUT2D eigenvalue weighted by molar-refractivity contribution is -0.141. The first-order valence-electron chi connectivity index (χ1n) is 8.15. The molecule has 0 bridgehead atoms. The quantitative estimate of drug-likeness (QED) is 0.755. The molecule has 2 atom stereocenters. The summed E-state index contributed by atoms with van der Waals surface area (Å²) in [6.45, 7) is 7.80. The molecule has 6 heteroatoms. The summed E-state index contributed by atoms with van der Waals surface area (Å²) in [4.78, 5) is 23.9. The SMILES string of the molecule is CCc1ccc2c(c1)c(C)c(C(=O)NC(C(=O)O)C(C)O)n2CC. The van der Waals surface area contributed by atoms with Gasteiger partial charge in [-0.1, -0.05) is 13.0 Å². The minimum atomic E-state index is -1.34. The van der Waals surface area contributed by atoms with Gasteiger partial charge in [0, 0.05) is 17.4 Å². The van der Waals surface area contributed by atoms with Gasteiger partial charge >= 0.3 is 5.97 Å². The molecule has 0 aliphatic heterocycles. The van der Waals surface area contributed by atoms with Gasteiger partial charge in [-0.25, -0.2) is 4.79 Å². The maximum atomic E-state index is 12.7. The van der Waals surface area contributed by atoms with Gasteiger partial charge in [0.1, 0.15) is 5.69 Å². The number of fused-ring (bicyclic) bond motifs is 1. The molecule has 130 valence electrons. The minimum Gasteiger partial charge on any atom is -0.480 e. The van der Waals surface area contributed by atoms with Crippen molar-refractivity contribution in [3.63, 3.8) is 0 Å². The van der Waals surface area contributed by atoms with Gasteiger partial charge in [0.15, 0.2) is 6.04 Å². The van der Waals surface area contributed by atoms with Crippen LogP contribution in [0.25, 0.3) is 10.9 Å². The lowest BCUT2D eigenvalue weighted by Crippen LogP contribution is -2.48. The third-order valence-corrected chi connectivity index (χ3v) is 4.36. The summed E-state index contributed by atoms with van der Waals surface area (Å²) in [6.07, 6.45) is -0.282. The highest BCUT2D eigenvalue weighted by Gasteiger charge is 2.28. The van der Waals surface area contributed by atoms with Crippen LogP contribution in [-0.4, -0.2) is 38.8 Å². The number of carboxylic acid groups (broad SMARTS) is 1. The third-order valence-electron chi connectivity index (χ3n) is 4.36. The van der Waals surface area contributed by atoms with Crippen LogP contribution in [0, 0.1) is 6.92 Å². The van der Waals surface area contributed by atoms with E-state index in [0.717, 1.165) is 22.9 Å². The predicted octanol–water partition coefficient (Wildman–Crippen LogP) is 2.10. The van der Waals surface area contributed by atoms with Crippen molar-refractivity contribution in [2.45, 2.75) is 52.8 Å². The monoisotopic (exact) mass is 332 g/mol. The number of hydrogen-bond donors (Lipinski definition) is 3. The number of aromatic nitrogens is 1. The molecule has 1 aromatic carbocycles. The van der Waals surface area contributed by atoms with Crippen molar-refractivity contribution in [1.82, 2.24) is 9.88 Å². The molecule has 1 aromatic heterocycles. The molecular formula is C18H24N2O4. The van der Waals surface area contributed by atoms with Crippen molar-refractivity contribution in [2.75, 3.05) is 0 Å². The van der Waals surface area contributed by atoms with Crippen LogP contribution in [0.4, 0.5) is 0 Å². The van der Waals surface area contributed by atoms with E-state index in [-0.39, 0.29) is 0 Å². The molecule has 0 aliphatic carbocycles. The fraction of sp³-hybridized carbons (Fsp3) is 0.444. The highest BCUT2D eigenvalue weighted by Crippen LogP contribution is 2.27. The number of amides is 1. The number of nitrogens with one attached hydrogen (secondary N) is 1. The Balaban J connectivity index is 2.52. The normalized spacial score (nSPS) is 13.7. The first-order chi connectivity index (χ1) is 11.3. The van der Waals surface area contributed by atoms with E-state index in [2.05, 4.69) is 18.3 Å². The molecule has 3 N–H and O–H groups in total. The van der Waals surface area contributed by atoms with Gasteiger partial charge < -0.3 is 20.1 Å².